The van der Waals surface area contributed by atoms with Crippen molar-refractivity contribution in [3.05, 3.63) is 22.2 Å². The highest BCUT2D eigenvalue weighted by atomic mass is 79.9. The molecule has 0 aromatic heterocycles. The molecule has 3 nitrogen and oxygen atoms in total. The van der Waals surface area contributed by atoms with E-state index in [0.29, 0.717) is 4.75 Å². The zero-order valence-electron chi connectivity index (χ0n) is 13.6. The average Bonchev–Trinajstić information content (AvgIpc) is 2.51. The first-order chi connectivity index (χ1) is 10.1. The molecule has 120 valence electrons. The summed E-state index contributed by atoms with van der Waals surface area (Å²) in [4.78, 5) is 0. The second-order valence-corrected chi connectivity index (χ2v) is 7.14. The molecule has 0 saturated carbocycles. The van der Waals surface area contributed by atoms with Crippen LogP contribution in [0.5, 0.6) is 11.5 Å². The van der Waals surface area contributed by atoms with Crippen molar-refractivity contribution in [3.63, 3.8) is 0 Å². The van der Waals surface area contributed by atoms with Crippen LogP contribution in [0.3, 0.4) is 0 Å². The maximum absolute atomic E-state index is 5.38. The van der Waals surface area contributed by atoms with E-state index in [0.717, 1.165) is 29.1 Å². The molecule has 5 heteroatoms. The molecule has 1 N–H and O–H groups in total. The predicted octanol–water partition coefficient (Wildman–Crippen LogP) is 4.48. The lowest BCUT2D eigenvalue weighted by Gasteiger charge is -2.30. The Balaban J connectivity index is 2.74. The Hall–Kier alpha value is -0.390. The Morgan fingerprint density at radius 3 is 2.33 bits per heavy atom. The van der Waals surface area contributed by atoms with Gasteiger partial charge in [0.25, 0.3) is 0 Å². The minimum absolute atomic E-state index is 0.327. The van der Waals surface area contributed by atoms with E-state index in [1.165, 1.54) is 18.4 Å². The van der Waals surface area contributed by atoms with E-state index in [1.807, 2.05) is 17.8 Å². The van der Waals surface area contributed by atoms with Crippen LogP contribution < -0.4 is 14.8 Å². The molecule has 1 aromatic rings. The van der Waals surface area contributed by atoms with E-state index in [4.69, 9.17) is 9.47 Å². The lowest BCUT2D eigenvalue weighted by atomic mass is 10.0. The molecule has 1 rings (SSSR count). The molecule has 0 bridgehead atoms. The van der Waals surface area contributed by atoms with Gasteiger partial charge in [-0.15, -0.1) is 0 Å². The fourth-order valence-corrected chi connectivity index (χ4v) is 3.84. The maximum Gasteiger partial charge on any atom is 0.174 e. The quantitative estimate of drug-likeness (QED) is 0.689. The van der Waals surface area contributed by atoms with Gasteiger partial charge in [0, 0.05) is 17.8 Å². The van der Waals surface area contributed by atoms with Crippen molar-refractivity contribution in [1.29, 1.82) is 0 Å². The third kappa shape index (κ3) is 4.80. The number of benzene rings is 1. The summed E-state index contributed by atoms with van der Waals surface area (Å²) < 4.78 is 12.0. The normalized spacial score (nSPS) is 11.5. The molecular weight excluding hydrogens is 350 g/mol. The van der Waals surface area contributed by atoms with Gasteiger partial charge in [-0.1, -0.05) is 13.8 Å². The van der Waals surface area contributed by atoms with Gasteiger partial charge in [-0.25, -0.2) is 0 Å². The summed E-state index contributed by atoms with van der Waals surface area (Å²) in [5.41, 5.74) is 1.18. The monoisotopic (exact) mass is 375 g/mol. The number of hydrogen-bond donors (Lipinski definition) is 1. The van der Waals surface area contributed by atoms with Crippen LogP contribution in [-0.2, 0) is 6.54 Å². The summed E-state index contributed by atoms with van der Waals surface area (Å²) in [6.07, 6.45) is 4.54. The summed E-state index contributed by atoms with van der Waals surface area (Å²) in [5.74, 6) is 1.49. The van der Waals surface area contributed by atoms with Crippen molar-refractivity contribution in [2.75, 3.05) is 27.0 Å². The standard InChI is InChI=1S/C16H26BrNO2S/c1-6-16(7-2,21-5)11-18-10-12-8-13(17)15(20-4)14(9-12)19-3/h8-9,18H,6-7,10-11H2,1-5H3. The number of halogens is 1. The van der Waals surface area contributed by atoms with Gasteiger partial charge < -0.3 is 14.8 Å². The third-order valence-electron chi connectivity index (χ3n) is 3.99. The van der Waals surface area contributed by atoms with Gasteiger partial charge in [0.2, 0.25) is 0 Å². The van der Waals surface area contributed by atoms with E-state index >= 15 is 0 Å². The average molecular weight is 376 g/mol. The number of rotatable bonds is 9. The van der Waals surface area contributed by atoms with E-state index in [9.17, 15) is 0 Å². The molecule has 0 atom stereocenters. The van der Waals surface area contributed by atoms with Crippen molar-refractivity contribution in [1.82, 2.24) is 5.32 Å². The minimum Gasteiger partial charge on any atom is -0.493 e. The molecule has 0 unspecified atom stereocenters. The van der Waals surface area contributed by atoms with Gasteiger partial charge in [-0.3, -0.25) is 0 Å². The fraction of sp³-hybridized carbons (Fsp3) is 0.625. The lowest BCUT2D eigenvalue weighted by Crippen LogP contribution is -2.36. The van der Waals surface area contributed by atoms with Crippen LogP contribution in [0.4, 0.5) is 0 Å². The summed E-state index contributed by atoms with van der Waals surface area (Å²) in [7, 11) is 3.31. The van der Waals surface area contributed by atoms with Crippen molar-refractivity contribution in [2.45, 2.75) is 38.0 Å². The summed E-state index contributed by atoms with van der Waals surface area (Å²) in [6, 6.07) is 4.10. The molecule has 0 aliphatic carbocycles. The Bertz CT molecular complexity index is 442. The predicted molar refractivity (Wildman–Crippen MR) is 95.8 cm³/mol. The van der Waals surface area contributed by atoms with Crippen molar-refractivity contribution >= 4 is 27.7 Å². The highest BCUT2D eigenvalue weighted by molar-refractivity contribution is 9.10. The second-order valence-electron chi connectivity index (χ2n) is 5.01. The smallest absolute Gasteiger partial charge is 0.174 e. The van der Waals surface area contributed by atoms with Gasteiger partial charge in [0.1, 0.15) is 0 Å². The van der Waals surface area contributed by atoms with Crippen LogP contribution >= 0.6 is 27.7 Å². The van der Waals surface area contributed by atoms with Crippen molar-refractivity contribution < 1.29 is 9.47 Å². The second kappa shape index (κ2) is 8.91. The van der Waals surface area contributed by atoms with E-state index in [1.54, 1.807) is 14.2 Å². The van der Waals surface area contributed by atoms with E-state index in [2.05, 4.69) is 47.4 Å². The van der Waals surface area contributed by atoms with E-state index in [-0.39, 0.29) is 0 Å². The Kier molecular flexibility index (Phi) is 7.92. The van der Waals surface area contributed by atoms with Gasteiger partial charge >= 0.3 is 0 Å². The third-order valence-corrected chi connectivity index (χ3v) is 6.17. The SMILES string of the molecule is CCC(CC)(CNCc1cc(Br)c(OC)c(OC)c1)SC. The van der Waals surface area contributed by atoms with Crippen LogP contribution in [-0.4, -0.2) is 31.8 Å². The molecule has 1 aromatic carbocycles. The Labute approximate surface area is 141 Å². The minimum atomic E-state index is 0.327. The number of thioether (sulfide) groups is 1. The Morgan fingerprint density at radius 1 is 1.19 bits per heavy atom. The molecule has 0 amide bonds. The van der Waals surface area contributed by atoms with Crippen molar-refractivity contribution in [3.8, 4) is 11.5 Å². The molecule has 0 fully saturated rings. The number of ether oxygens (including phenoxy) is 2. The highest BCUT2D eigenvalue weighted by Crippen LogP contribution is 2.36. The molecule has 0 radical (unpaired) electrons. The number of hydrogen-bond acceptors (Lipinski definition) is 4. The van der Waals surface area contributed by atoms with Crippen LogP contribution in [0.2, 0.25) is 0 Å². The van der Waals surface area contributed by atoms with Crippen LogP contribution in [0, 0.1) is 0 Å². The van der Waals surface area contributed by atoms with Crippen LogP contribution in [0.15, 0.2) is 16.6 Å². The number of methoxy groups -OCH3 is 2. The van der Waals surface area contributed by atoms with Gasteiger partial charge in [-0.05, 0) is 52.7 Å². The molecular formula is C16H26BrNO2S. The molecule has 0 aliphatic heterocycles. The first-order valence-electron chi connectivity index (χ1n) is 7.22. The summed E-state index contributed by atoms with van der Waals surface area (Å²) >= 11 is 5.49. The van der Waals surface area contributed by atoms with Gasteiger partial charge in [0.05, 0.1) is 18.7 Å². The summed E-state index contributed by atoms with van der Waals surface area (Å²) in [6.45, 7) is 6.34. The molecule has 0 spiro atoms. The topological polar surface area (TPSA) is 30.5 Å². The molecule has 21 heavy (non-hydrogen) atoms. The van der Waals surface area contributed by atoms with Gasteiger partial charge in [-0.2, -0.15) is 11.8 Å². The first-order valence-corrected chi connectivity index (χ1v) is 9.23. The van der Waals surface area contributed by atoms with Crippen molar-refractivity contribution in [2.24, 2.45) is 0 Å². The fourth-order valence-electron chi connectivity index (χ4n) is 2.37. The van der Waals surface area contributed by atoms with Crippen LogP contribution in [0.1, 0.15) is 32.3 Å². The zero-order chi connectivity index (χ0) is 15.9. The zero-order valence-corrected chi connectivity index (χ0v) is 16.0. The maximum atomic E-state index is 5.38. The Morgan fingerprint density at radius 2 is 1.86 bits per heavy atom. The van der Waals surface area contributed by atoms with Crippen LogP contribution in [0.25, 0.3) is 0 Å². The molecule has 0 aliphatic rings. The highest BCUT2D eigenvalue weighted by Gasteiger charge is 2.24. The molecule has 0 saturated heterocycles. The molecule has 0 heterocycles. The first kappa shape index (κ1) is 18.7. The largest absolute Gasteiger partial charge is 0.493 e. The lowest BCUT2D eigenvalue weighted by molar-refractivity contribution is 0.352. The van der Waals surface area contributed by atoms with Gasteiger partial charge in [0.15, 0.2) is 11.5 Å². The number of nitrogens with one attached hydrogen (secondary N) is 1. The summed E-state index contributed by atoms with van der Waals surface area (Å²) in [5, 5.41) is 3.57. The van der Waals surface area contributed by atoms with E-state index < -0.39 is 0 Å².